The van der Waals surface area contributed by atoms with E-state index in [1.54, 1.807) is 6.33 Å². The standard InChI is InChI=1S/C13H20N4/c1-13(11-2-3-11)9-17(7-6-16-13)8-12-4-5-14-10-15-12/h4-5,10-11,16H,2-3,6-9H2,1H3. The van der Waals surface area contributed by atoms with E-state index in [0.717, 1.165) is 37.8 Å². The van der Waals surface area contributed by atoms with Crippen molar-refractivity contribution in [1.29, 1.82) is 0 Å². The van der Waals surface area contributed by atoms with Crippen LogP contribution in [0.3, 0.4) is 0 Å². The first-order chi connectivity index (χ1) is 8.26. The van der Waals surface area contributed by atoms with Crippen LogP contribution in [0.5, 0.6) is 0 Å². The Morgan fingerprint density at radius 1 is 1.53 bits per heavy atom. The molecule has 0 spiro atoms. The van der Waals surface area contributed by atoms with Crippen LogP contribution in [-0.2, 0) is 6.54 Å². The van der Waals surface area contributed by atoms with Gasteiger partial charge in [0, 0.05) is 37.9 Å². The molecule has 1 unspecified atom stereocenters. The molecule has 4 heteroatoms. The van der Waals surface area contributed by atoms with Crippen molar-refractivity contribution >= 4 is 0 Å². The first-order valence-electron chi connectivity index (χ1n) is 6.48. The second-order valence-electron chi connectivity index (χ2n) is 5.53. The molecular weight excluding hydrogens is 212 g/mol. The molecule has 0 aromatic carbocycles. The minimum absolute atomic E-state index is 0.325. The van der Waals surface area contributed by atoms with E-state index in [1.807, 2.05) is 12.3 Å². The molecule has 1 saturated heterocycles. The number of rotatable bonds is 3. The molecule has 1 aromatic rings. The highest BCUT2D eigenvalue weighted by Gasteiger charge is 2.43. The van der Waals surface area contributed by atoms with Crippen molar-refractivity contribution in [3.8, 4) is 0 Å². The van der Waals surface area contributed by atoms with Gasteiger partial charge in [0.05, 0.1) is 5.69 Å². The molecule has 17 heavy (non-hydrogen) atoms. The minimum atomic E-state index is 0.325. The zero-order valence-corrected chi connectivity index (χ0v) is 10.4. The van der Waals surface area contributed by atoms with Crippen molar-refractivity contribution in [2.45, 2.75) is 31.8 Å². The van der Waals surface area contributed by atoms with Crippen LogP contribution in [0, 0.1) is 5.92 Å². The molecule has 1 atom stereocenters. The molecule has 0 radical (unpaired) electrons. The van der Waals surface area contributed by atoms with E-state index in [9.17, 15) is 0 Å². The van der Waals surface area contributed by atoms with Crippen LogP contribution in [0.1, 0.15) is 25.5 Å². The van der Waals surface area contributed by atoms with Crippen LogP contribution >= 0.6 is 0 Å². The molecule has 2 heterocycles. The Morgan fingerprint density at radius 3 is 3.12 bits per heavy atom. The maximum absolute atomic E-state index is 4.31. The largest absolute Gasteiger partial charge is 0.309 e. The Labute approximate surface area is 102 Å². The predicted molar refractivity (Wildman–Crippen MR) is 66.4 cm³/mol. The van der Waals surface area contributed by atoms with Gasteiger partial charge in [0.2, 0.25) is 0 Å². The number of hydrogen-bond acceptors (Lipinski definition) is 4. The highest BCUT2D eigenvalue weighted by molar-refractivity contribution is 5.04. The molecule has 0 amide bonds. The van der Waals surface area contributed by atoms with Gasteiger partial charge < -0.3 is 5.32 Å². The average Bonchev–Trinajstić information content (AvgIpc) is 3.14. The van der Waals surface area contributed by atoms with Crippen molar-refractivity contribution in [2.75, 3.05) is 19.6 Å². The molecule has 2 aliphatic rings. The molecule has 0 bridgehead atoms. The van der Waals surface area contributed by atoms with E-state index >= 15 is 0 Å². The first kappa shape index (κ1) is 11.1. The topological polar surface area (TPSA) is 41.1 Å². The third-order valence-corrected chi connectivity index (χ3v) is 4.02. The quantitative estimate of drug-likeness (QED) is 0.846. The van der Waals surface area contributed by atoms with Gasteiger partial charge >= 0.3 is 0 Å². The van der Waals surface area contributed by atoms with Crippen LogP contribution in [0.4, 0.5) is 0 Å². The number of nitrogens with zero attached hydrogens (tertiary/aromatic N) is 3. The van der Waals surface area contributed by atoms with Gasteiger partial charge in [-0.15, -0.1) is 0 Å². The van der Waals surface area contributed by atoms with Gasteiger partial charge in [-0.1, -0.05) is 0 Å². The van der Waals surface area contributed by atoms with Gasteiger partial charge in [0.15, 0.2) is 0 Å². The minimum Gasteiger partial charge on any atom is -0.309 e. The fraction of sp³-hybridized carbons (Fsp3) is 0.692. The van der Waals surface area contributed by atoms with E-state index in [-0.39, 0.29) is 0 Å². The van der Waals surface area contributed by atoms with E-state index in [1.165, 1.54) is 12.8 Å². The van der Waals surface area contributed by atoms with E-state index in [2.05, 4.69) is 27.1 Å². The van der Waals surface area contributed by atoms with Gasteiger partial charge in [-0.2, -0.15) is 0 Å². The van der Waals surface area contributed by atoms with Crippen LogP contribution in [0.25, 0.3) is 0 Å². The summed E-state index contributed by atoms with van der Waals surface area (Å²) in [6.07, 6.45) is 6.25. The summed E-state index contributed by atoms with van der Waals surface area (Å²) in [6.45, 7) is 6.68. The van der Waals surface area contributed by atoms with Crippen molar-refractivity contribution in [3.63, 3.8) is 0 Å². The van der Waals surface area contributed by atoms with E-state index in [4.69, 9.17) is 0 Å². The monoisotopic (exact) mass is 232 g/mol. The average molecular weight is 232 g/mol. The Morgan fingerprint density at radius 2 is 2.41 bits per heavy atom. The lowest BCUT2D eigenvalue weighted by molar-refractivity contribution is 0.120. The van der Waals surface area contributed by atoms with Gasteiger partial charge in [-0.3, -0.25) is 4.90 Å². The summed E-state index contributed by atoms with van der Waals surface area (Å²) in [5.41, 5.74) is 1.45. The molecule has 1 aliphatic heterocycles. The third-order valence-electron chi connectivity index (χ3n) is 4.02. The van der Waals surface area contributed by atoms with Crippen molar-refractivity contribution in [2.24, 2.45) is 5.92 Å². The molecule has 2 fully saturated rings. The lowest BCUT2D eigenvalue weighted by atomic mass is 9.93. The smallest absolute Gasteiger partial charge is 0.115 e. The predicted octanol–water partition coefficient (Wildman–Crippen LogP) is 1.05. The van der Waals surface area contributed by atoms with Crippen LogP contribution < -0.4 is 5.32 Å². The third kappa shape index (κ3) is 2.48. The number of aromatic nitrogens is 2. The fourth-order valence-corrected chi connectivity index (χ4v) is 2.87. The molecular formula is C13H20N4. The number of nitrogens with one attached hydrogen (secondary N) is 1. The summed E-state index contributed by atoms with van der Waals surface area (Å²) in [5, 5.41) is 3.70. The van der Waals surface area contributed by atoms with E-state index < -0.39 is 0 Å². The molecule has 1 aliphatic carbocycles. The molecule has 4 nitrogen and oxygen atoms in total. The van der Waals surface area contributed by atoms with Gasteiger partial charge in [-0.25, -0.2) is 9.97 Å². The Balaban J connectivity index is 1.64. The normalized spacial score (nSPS) is 30.4. The zero-order chi connectivity index (χ0) is 11.7. The second-order valence-corrected chi connectivity index (χ2v) is 5.53. The highest BCUT2D eigenvalue weighted by Crippen LogP contribution is 2.40. The van der Waals surface area contributed by atoms with Gasteiger partial charge in [-0.05, 0) is 31.7 Å². The SMILES string of the molecule is CC1(C2CC2)CN(Cc2ccncn2)CCN1. The summed E-state index contributed by atoms with van der Waals surface area (Å²) < 4.78 is 0. The van der Waals surface area contributed by atoms with Crippen LogP contribution in [0.15, 0.2) is 18.6 Å². The molecule has 1 aromatic heterocycles. The Hall–Kier alpha value is -1.00. The van der Waals surface area contributed by atoms with Crippen molar-refractivity contribution in [1.82, 2.24) is 20.2 Å². The maximum atomic E-state index is 4.31. The van der Waals surface area contributed by atoms with E-state index in [0.29, 0.717) is 5.54 Å². The van der Waals surface area contributed by atoms with Crippen molar-refractivity contribution < 1.29 is 0 Å². The molecule has 3 rings (SSSR count). The highest BCUT2D eigenvalue weighted by atomic mass is 15.2. The lowest BCUT2D eigenvalue weighted by Crippen LogP contribution is -2.59. The summed E-state index contributed by atoms with van der Waals surface area (Å²) in [5.74, 6) is 0.885. The number of piperazine rings is 1. The number of hydrogen-bond donors (Lipinski definition) is 1. The summed E-state index contributed by atoms with van der Waals surface area (Å²) in [4.78, 5) is 10.8. The van der Waals surface area contributed by atoms with Crippen molar-refractivity contribution in [3.05, 3.63) is 24.3 Å². The summed E-state index contributed by atoms with van der Waals surface area (Å²) >= 11 is 0. The van der Waals surface area contributed by atoms with Crippen LogP contribution in [-0.4, -0.2) is 40.0 Å². The Bertz CT molecular complexity index is 376. The zero-order valence-electron chi connectivity index (χ0n) is 10.4. The molecule has 1 saturated carbocycles. The maximum Gasteiger partial charge on any atom is 0.115 e. The van der Waals surface area contributed by atoms with Gasteiger partial charge in [0.1, 0.15) is 6.33 Å². The summed E-state index contributed by atoms with van der Waals surface area (Å²) in [7, 11) is 0. The molecule has 92 valence electrons. The molecule has 1 N–H and O–H groups in total. The Kier molecular flexibility index (Phi) is 2.84. The fourth-order valence-electron chi connectivity index (χ4n) is 2.87. The second kappa shape index (κ2) is 4.35. The van der Waals surface area contributed by atoms with Crippen LogP contribution in [0.2, 0.25) is 0 Å². The van der Waals surface area contributed by atoms with Gasteiger partial charge in [0.25, 0.3) is 0 Å². The first-order valence-corrected chi connectivity index (χ1v) is 6.48. The lowest BCUT2D eigenvalue weighted by Gasteiger charge is -2.41. The summed E-state index contributed by atoms with van der Waals surface area (Å²) in [6, 6.07) is 2.01.